The molecule has 1 aliphatic rings. The van der Waals surface area contributed by atoms with Gasteiger partial charge in [0.25, 0.3) is 0 Å². The van der Waals surface area contributed by atoms with Gasteiger partial charge in [-0.25, -0.2) is 0 Å². The molecule has 0 bridgehead atoms. The second-order valence-corrected chi connectivity index (χ2v) is 4.81. The Morgan fingerprint density at radius 1 is 1.50 bits per heavy atom. The van der Waals surface area contributed by atoms with Crippen molar-refractivity contribution in [3.8, 4) is 0 Å². The second-order valence-electron chi connectivity index (χ2n) is 4.54. The maximum atomic E-state index is 5.80. The van der Waals surface area contributed by atoms with Crippen molar-refractivity contribution in [1.29, 1.82) is 0 Å². The van der Waals surface area contributed by atoms with Gasteiger partial charge in [0.05, 0.1) is 0 Å². The van der Waals surface area contributed by atoms with Crippen LogP contribution in [0.3, 0.4) is 0 Å². The molecule has 1 nitrogen and oxygen atoms in total. The number of nitrogens with zero attached hydrogens (tertiary/aromatic N) is 1. The summed E-state index contributed by atoms with van der Waals surface area (Å²) in [7, 11) is 0. The first kappa shape index (κ1) is 11.5. The Labute approximate surface area is 103 Å². The number of anilines is 1. The van der Waals surface area contributed by atoms with Gasteiger partial charge in [0, 0.05) is 24.7 Å². The van der Waals surface area contributed by atoms with Gasteiger partial charge < -0.3 is 4.90 Å². The Balaban J connectivity index is 2.23. The monoisotopic (exact) mass is 235 g/mol. The Morgan fingerprint density at radius 2 is 2.31 bits per heavy atom. The Kier molecular flexibility index (Phi) is 3.55. The van der Waals surface area contributed by atoms with Gasteiger partial charge in [-0.05, 0) is 37.0 Å². The highest BCUT2D eigenvalue weighted by molar-refractivity contribution is 6.19. The van der Waals surface area contributed by atoms with Crippen LogP contribution in [-0.4, -0.2) is 19.0 Å². The van der Waals surface area contributed by atoms with E-state index in [4.69, 9.17) is 11.6 Å². The molecule has 0 fully saturated rings. The van der Waals surface area contributed by atoms with E-state index in [0.29, 0.717) is 5.88 Å². The molecule has 1 aliphatic heterocycles. The third-order valence-corrected chi connectivity index (χ3v) is 3.43. The van der Waals surface area contributed by atoms with Crippen molar-refractivity contribution >= 4 is 17.3 Å². The van der Waals surface area contributed by atoms with Gasteiger partial charge in [0.2, 0.25) is 0 Å². The molecule has 86 valence electrons. The number of benzene rings is 1. The number of hydrogen-bond donors (Lipinski definition) is 0. The molecule has 1 aromatic carbocycles. The molecule has 16 heavy (non-hydrogen) atoms. The first-order valence-corrected chi connectivity index (χ1v) is 6.31. The van der Waals surface area contributed by atoms with Crippen LogP contribution in [0.2, 0.25) is 0 Å². The molecule has 2 rings (SSSR count). The number of fused-ring (bicyclic) bond motifs is 1. The molecule has 0 aliphatic carbocycles. The quantitative estimate of drug-likeness (QED) is 0.572. The van der Waals surface area contributed by atoms with E-state index in [1.54, 1.807) is 0 Å². The molecule has 0 saturated heterocycles. The summed E-state index contributed by atoms with van der Waals surface area (Å²) < 4.78 is 0. The zero-order chi connectivity index (χ0) is 11.5. The van der Waals surface area contributed by atoms with Gasteiger partial charge in [-0.1, -0.05) is 24.3 Å². The molecule has 1 aromatic rings. The maximum Gasteiger partial charge on any atom is 0.0448 e. The molecule has 1 heterocycles. The van der Waals surface area contributed by atoms with E-state index >= 15 is 0 Å². The van der Waals surface area contributed by atoms with Crippen LogP contribution in [0.4, 0.5) is 5.69 Å². The van der Waals surface area contributed by atoms with Crippen LogP contribution in [-0.2, 0) is 6.42 Å². The van der Waals surface area contributed by atoms with Crippen LogP contribution >= 0.6 is 11.6 Å². The topological polar surface area (TPSA) is 3.24 Å². The Morgan fingerprint density at radius 3 is 3.06 bits per heavy atom. The maximum absolute atomic E-state index is 5.80. The standard InChI is InChI=1S/C14H18ClN/c1-11-5-6-14-13(8-11)4-3-7-16(14)10-12(2)9-15/h5-6,8H,2-4,7,9-10H2,1H3. The molecule has 0 amide bonds. The minimum Gasteiger partial charge on any atom is -0.367 e. The number of halogens is 1. The summed E-state index contributed by atoms with van der Waals surface area (Å²) in [6, 6.07) is 6.71. The van der Waals surface area contributed by atoms with Crippen LogP contribution < -0.4 is 4.90 Å². The van der Waals surface area contributed by atoms with E-state index in [1.165, 1.54) is 29.7 Å². The number of alkyl halides is 1. The first-order valence-electron chi connectivity index (χ1n) is 5.78. The molecular weight excluding hydrogens is 218 g/mol. The van der Waals surface area contributed by atoms with Crippen LogP contribution in [0.5, 0.6) is 0 Å². The normalized spacial score (nSPS) is 14.8. The Hall–Kier alpha value is -0.950. The van der Waals surface area contributed by atoms with Crippen LogP contribution in [0.15, 0.2) is 30.4 Å². The summed E-state index contributed by atoms with van der Waals surface area (Å²) in [6.45, 7) is 8.14. The van der Waals surface area contributed by atoms with Gasteiger partial charge in [0.1, 0.15) is 0 Å². The van der Waals surface area contributed by atoms with Crippen molar-refractivity contribution in [3.05, 3.63) is 41.5 Å². The third-order valence-electron chi connectivity index (χ3n) is 3.05. The van der Waals surface area contributed by atoms with Gasteiger partial charge >= 0.3 is 0 Å². The van der Waals surface area contributed by atoms with Crippen molar-refractivity contribution in [2.45, 2.75) is 19.8 Å². The minimum absolute atomic E-state index is 0.553. The summed E-state index contributed by atoms with van der Waals surface area (Å²) in [4.78, 5) is 2.39. The third kappa shape index (κ3) is 2.41. The van der Waals surface area contributed by atoms with Crippen LogP contribution in [0.1, 0.15) is 17.5 Å². The molecule has 0 radical (unpaired) electrons. The fourth-order valence-electron chi connectivity index (χ4n) is 2.28. The van der Waals surface area contributed by atoms with E-state index in [1.807, 2.05) is 0 Å². The zero-order valence-corrected chi connectivity index (χ0v) is 10.6. The summed E-state index contributed by atoms with van der Waals surface area (Å²) in [5.74, 6) is 0.553. The van der Waals surface area contributed by atoms with Crippen molar-refractivity contribution < 1.29 is 0 Å². The van der Waals surface area contributed by atoms with E-state index < -0.39 is 0 Å². The number of rotatable bonds is 3. The average molecular weight is 236 g/mol. The summed E-state index contributed by atoms with van der Waals surface area (Å²) >= 11 is 5.80. The predicted molar refractivity (Wildman–Crippen MR) is 71.6 cm³/mol. The highest BCUT2D eigenvalue weighted by Gasteiger charge is 2.16. The summed E-state index contributed by atoms with van der Waals surface area (Å²) in [5.41, 5.74) is 5.27. The first-order chi connectivity index (χ1) is 7.70. The van der Waals surface area contributed by atoms with Crippen molar-refractivity contribution in [3.63, 3.8) is 0 Å². The summed E-state index contributed by atoms with van der Waals surface area (Å²) in [6.07, 6.45) is 2.42. The minimum atomic E-state index is 0.553. The van der Waals surface area contributed by atoms with E-state index in [9.17, 15) is 0 Å². The van der Waals surface area contributed by atoms with Crippen LogP contribution in [0, 0.1) is 6.92 Å². The van der Waals surface area contributed by atoms with Gasteiger partial charge in [0.15, 0.2) is 0 Å². The lowest BCUT2D eigenvalue weighted by Crippen LogP contribution is -2.31. The fourth-order valence-corrected chi connectivity index (χ4v) is 2.36. The SMILES string of the molecule is C=C(CCl)CN1CCCc2cc(C)ccc21. The highest BCUT2D eigenvalue weighted by atomic mass is 35.5. The molecule has 2 heteroatoms. The smallest absolute Gasteiger partial charge is 0.0448 e. The van der Waals surface area contributed by atoms with Gasteiger partial charge in [-0.2, -0.15) is 0 Å². The fraction of sp³-hybridized carbons (Fsp3) is 0.429. The van der Waals surface area contributed by atoms with Gasteiger partial charge in [-0.3, -0.25) is 0 Å². The second kappa shape index (κ2) is 4.92. The molecule has 0 unspecified atom stereocenters. The Bertz CT molecular complexity index is 398. The molecule has 0 atom stereocenters. The average Bonchev–Trinajstić information content (AvgIpc) is 2.28. The van der Waals surface area contributed by atoms with E-state index in [2.05, 4.69) is 36.6 Å². The molecule has 0 aromatic heterocycles. The van der Waals surface area contributed by atoms with Crippen molar-refractivity contribution in [2.24, 2.45) is 0 Å². The van der Waals surface area contributed by atoms with E-state index in [0.717, 1.165) is 18.7 Å². The molecule has 0 N–H and O–H groups in total. The lowest BCUT2D eigenvalue weighted by atomic mass is 9.99. The van der Waals surface area contributed by atoms with Crippen molar-refractivity contribution in [2.75, 3.05) is 23.9 Å². The predicted octanol–water partition coefficient (Wildman–Crippen LogP) is 3.54. The lowest BCUT2D eigenvalue weighted by Gasteiger charge is -2.32. The zero-order valence-electron chi connectivity index (χ0n) is 9.80. The van der Waals surface area contributed by atoms with Gasteiger partial charge in [-0.15, -0.1) is 11.6 Å². The molecule has 0 spiro atoms. The van der Waals surface area contributed by atoms with Crippen molar-refractivity contribution in [1.82, 2.24) is 0 Å². The van der Waals surface area contributed by atoms with Crippen LogP contribution in [0.25, 0.3) is 0 Å². The highest BCUT2D eigenvalue weighted by Crippen LogP contribution is 2.28. The molecule has 0 saturated carbocycles. The largest absolute Gasteiger partial charge is 0.367 e. The molecular formula is C14H18ClN. The lowest BCUT2D eigenvalue weighted by molar-refractivity contribution is 0.714. The number of hydrogen-bond acceptors (Lipinski definition) is 1. The number of aryl methyl sites for hydroxylation is 2. The summed E-state index contributed by atoms with van der Waals surface area (Å²) in [5, 5.41) is 0. The van der Waals surface area contributed by atoms with E-state index in [-0.39, 0.29) is 0 Å².